The van der Waals surface area contributed by atoms with Crippen LogP contribution in [0.25, 0.3) is 0 Å². The van der Waals surface area contributed by atoms with Crippen molar-refractivity contribution in [2.24, 2.45) is 23.7 Å². The standard InChI is InChI=1S/C22H31N3O3/c26-20(19-3-6-28-14-19)25-4-1-15(2-5-25)13-23-21(27)24-22-10-16-7-17(11-22)9-18(8-16)12-22/h3,6,14-18H,1-2,4-5,7-13H2,(H2,23,24,27). The normalized spacial score (nSPS) is 34.4. The number of piperidine rings is 1. The maximum atomic E-state index is 12.6. The molecule has 4 aliphatic carbocycles. The van der Waals surface area contributed by atoms with Gasteiger partial charge in [0.1, 0.15) is 6.26 Å². The summed E-state index contributed by atoms with van der Waals surface area (Å²) in [5, 5.41) is 6.52. The first-order valence-electron chi connectivity index (χ1n) is 11.0. The SMILES string of the molecule is O=C(NCC1CCN(C(=O)c2ccoc2)CC1)NC12CC3CC(CC(C3)C1)C2. The number of hydrogen-bond donors (Lipinski definition) is 2. The van der Waals surface area contributed by atoms with E-state index in [4.69, 9.17) is 4.42 Å². The Morgan fingerprint density at radius 3 is 2.29 bits per heavy atom. The Morgan fingerprint density at radius 2 is 1.71 bits per heavy atom. The first kappa shape index (κ1) is 18.1. The first-order chi connectivity index (χ1) is 13.6. The highest BCUT2D eigenvalue weighted by molar-refractivity contribution is 5.93. The van der Waals surface area contributed by atoms with E-state index in [0.717, 1.165) is 43.7 Å². The van der Waals surface area contributed by atoms with Gasteiger partial charge in [0.05, 0.1) is 11.8 Å². The summed E-state index contributed by atoms with van der Waals surface area (Å²) >= 11 is 0. The molecular weight excluding hydrogens is 354 g/mol. The van der Waals surface area contributed by atoms with Crippen LogP contribution in [0.4, 0.5) is 4.79 Å². The van der Waals surface area contributed by atoms with Crippen LogP contribution in [0.5, 0.6) is 0 Å². The van der Waals surface area contributed by atoms with Gasteiger partial charge in [0.2, 0.25) is 0 Å². The minimum Gasteiger partial charge on any atom is -0.472 e. The van der Waals surface area contributed by atoms with Gasteiger partial charge in [-0.25, -0.2) is 4.79 Å². The van der Waals surface area contributed by atoms with E-state index in [9.17, 15) is 9.59 Å². The molecule has 5 aliphatic rings. The molecule has 5 fully saturated rings. The maximum absolute atomic E-state index is 12.6. The Morgan fingerprint density at radius 1 is 1.07 bits per heavy atom. The molecule has 3 amide bonds. The summed E-state index contributed by atoms with van der Waals surface area (Å²) in [7, 11) is 0. The number of hydrogen-bond acceptors (Lipinski definition) is 3. The lowest BCUT2D eigenvalue weighted by atomic mass is 9.53. The number of carbonyl (C=O) groups excluding carboxylic acids is 2. The highest BCUT2D eigenvalue weighted by Crippen LogP contribution is 2.55. The van der Waals surface area contributed by atoms with Crippen LogP contribution in [0.3, 0.4) is 0 Å². The Hall–Kier alpha value is -1.98. The molecule has 0 aromatic carbocycles. The Labute approximate surface area is 166 Å². The quantitative estimate of drug-likeness (QED) is 0.834. The second kappa shape index (κ2) is 7.12. The van der Waals surface area contributed by atoms with Crippen LogP contribution in [0.2, 0.25) is 0 Å². The topological polar surface area (TPSA) is 74.6 Å². The highest BCUT2D eigenvalue weighted by Gasteiger charge is 2.51. The largest absolute Gasteiger partial charge is 0.472 e. The van der Waals surface area contributed by atoms with Crippen molar-refractivity contribution < 1.29 is 14.0 Å². The smallest absolute Gasteiger partial charge is 0.315 e. The van der Waals surface area contributed by atoms with Crippen molar-refractivity contribution in [1.82, 2.24) is 15.5 Å². The van der Waals surface area contributed by atoms with Gasteiger partial charge in [-0.15, -0.1) is 0 Å². The van der Waals surface area contributed by atoms with Crippen LogP contribution >= 0.6 is 0 Å². The predicted molar refractivity (Wildman–Crippen MR) is 105 cm³/mol. The lowest BCUT2D eigenvalue weighted by molar-refractivity contribution is -0.0136. The molecule has 6 heteroatoms. The van der Waals surface area contributed by atoms with Crippen LogP contribution in [-0.2, 0) is 0 Å². The van der Waals surface area contributed by atoms with Crippen LogP contribution < -0.4 is 10.6 Å². The van der Waals surface area contributed by atoms with Gasteiger partial charge in [0.25, 0.3) is 5.91 Å². The monoisotopic (exact) mass is 385 g/mol. The van der Waals surface area contributed by atoms with Crippen molar-refractivity contribution in [1.29, 1.82) is 0 Å². The van der Waals surface area contributed by atoms with Gasteiger partial charge in [-0.2, -0.15) is 0 Å². The van der Waals surface area contributed by atoms with Crippen LogP contribution in [-0.4, -0.2) is 42.0 Å². The number of nitrogens with one attached hydrogen (secondary N) is 2. The number of likely N-dealkylation sites (tertiary alicyclic amines) is 1. The fourth-order valence-corrected chi connectivity index (χ4v) is 6.69. The molecule has 4 bridgehead atoms. The minimum absolute atomic E-state index is 0.0128. The van der Waals surface area contributed by atoms with Gasteiger partial charge >= 0.3 is 6.03 Å². The first-order valence-corrected chi connectivity index (χ1v) is 11.0. The van der Waals surface area contributed by atoms with E-state index in [1.165, 1.54) is 51.1 Å². The number of nitrogens with zero attached hydrogens (tertiary/aromatic N) is 1. The second-order valence-corrected chi connectivity index (χ2v) is 9.78. The lowest BCUT2D eigenvalue weighted by Gasteiger charge is -2.56. The number of carbonyl (C=O) groups is 2. The molecule has 0 spiro atoms. The van der Waals surface area contributed by atoms with Crippen LogP contribution in [0.15, 0.2) is 23.0 Å². The maximum Gasteiger partial charge on any atom is 0.315 e. The fourth-order valence-electron chi connectivity index (χ4n) is 6.69. The van der Waals surface area contributed by atoms with Gasteiger partial charge in [-0.3, -0.25) is 4.79 Å². The molecule has 1 aliphatic heterocycles. The number of furan rings is 1. The Bertz CT molecular complexity index is 686. The molecule has 28 heavy (non-hydrogen) atoms. The Balaban J connectivity index is 1.07. The highest BCUT2D eigenvalue weighted by atomic mass is 16.3. The third-order valence-corrected chi connectivity index (χ3v) is 7.64. The van der Waals surface area contributed by atoms with E-state index in [-0.39, 0.29) is 17.5 Å². The van der Waals surface area contributed by atoms with E-state index in [1.54, 1.807) is 6.07 Å². The van der Waals surface area contributed by atoms with Gasteiger partial charge in [0.15, 0.2) is 0 Å². The molecule has 0 radical (unpaired) electrons. The molecule has 1 aromatic heterocycles. The molecule has 152 valence electrons. The Kier molecular flexibility index (Phi) is 4.60. The zero-order valence-corrected chi connectivity index (χ0v) is 16.5. The predicted octanol–water partition coefficient (Wildman–Crippen LogP) is 3.40. The van der Waals surface area contributed by atoms with Crippen molar-refractivity contribution in [3.05, 3.63) is 24.2 Å². The summed E-state index contributed by atoms with van der Waals surface area (Å²) < 4.78 is 5.01. The summed E-state index contributed by atoms with van der Waals surface area (Å²) in [4.78, 5) is 26.9. The zero-order valence-electron chi connectivity index (χ0n) is 16.5. The van der Waals surface area contributed by atoms with E-state index >= 15 is 0 Å². The van der Waals surface area contributed by atoms with Crippen molar-refractivity contribution in [2.75, 3.05) is 19.6 Å². The summed E-state index contributed by atoms with van der Waals surface area (Å²) in [5.74, 6) is 2.99. The van der Waals surface area contributed by atoms with Gasteiger partial charge < -0.3 is 20.0 Å². The summed E-state index contributed by atoms with van der Waals surface area (Å²) in [6, 6.07) is 1.73. The van der Waals surface area contributed by atoms with Crippen LogP contribution in [0, 0.1) is 23.7 Å². The van der Waals surface area contributed by atoms with E-state index in [2.05, 4.69) is 10.6 Å². The minimum atomic E-state index is 0.0128. The molecular formula is C22H31N3O3. The molecule has 4 saturated carbocycles. The van der Waals surface area contributed by atoms with Gasteiger partial charge in [-0.05, 0) is 81.1 Å². The van der Waals surface area contributed by atoms with Crippen molar-refractivity contribution >= 4 is 11.9 Å². The van der Waals surface area contributed by atoms with Crippen molar-refractivity contribution in [3.8, 4) is 0 Å². The third kappa shape index (κ3) is 3.53. The zero-order chi connectivity index (χ0) is 19.1. The molecule has 1 saturated heterocycles. The number of amides is 3. The summed E-state index contributed by atoms with van der Waals surface area (Å²) in [5.41, 5.74) is 0.686. The molecule has 1 aromatic rings. The van der Waals surface area contributed by atoms with Gasteiger partial charge in [0, 0.05) is 25.2 Å². The van der Waals surface area contributed by atoms with Crippen LogP contribution in [0.1, 0.15) is 61.7 Å². The summed E-state index contributed by atoms with van der Waals surface area (Å²) in [6.07, 6.45) is 12.6. The number of rotatable bonds is 4. The van der Waals surface area contributed by atoms with E-state index in [1.807, 2.05) is 4.90 Å². The molecule has 2 heterocycles. The lowest BCUT2D eigenvalue weighted by Crippen LogP contribution is -2.61. The van der Waals surface area contributed by atoms with E-state index in [0.29, 0.717) is 18.0 Å². The van der Waals surface area contributed by atoms with Crippen molar-refractivity contribution in [3.63, 3.8) is 0 Å². The fraction of sp³-hybridized carbons (Fsp3) is 0.727. The average molecular weight is 386 g/mol. The third-order valence-electron chi connectivity index (χ3n) is 7.64. The molecule has 2 N–H and O–H groups in total. The second-order valence-electron chi connectivity index (χ2n) is 9.78. The molecule has 0 atom stereocenters. The van der Waals surface area contributed by atoms with E-state index < -0.39 is 0 Å². The molecule has 6 nitrogen and oxygen atoms in total. The number of urea groups is 1. The molecule has 6 rings (SSSR count). The van der Waals surface area contributed by atoms with Gasteiger partial charge in [-0.1, -0.05) is 0 Å². The van der Waals surface area contributed by atoms with Crippen molar-refractivity contribution in [2.45, 2.75) is 56.9 Å². The summed E-state index contributed by atoms with van der Waals surface area (Å²) in [6.45, 7) is 2.19. The molecule has 0 unspecified atom stereocenters. The average Bonchev–Trinajstić information content (AvgIpc) is 3.19.